The van der Waals surface area contributed by atoms with Crippen LogP contribution in [0.4, 0.5) is 0 Å². The van der Waals surface area contributed by atoms with Gasteiger partial charge in [0, 0.05) is 19.2 Å². The van der Waals surface area contributed by atoms with Crippen LogP contribution in [0.15, 0.2) is 15.4 Å². The molecule has 0 bridgehead atoms. The summed E-state index contributed by atoms with van der Waals surface area (Å²) in [6.07, 6.45) is 1.09. The Hall–Kier alpha value is -1.87. The number of hydrogen-bond donors (Lipinski definition) is 2. The Morgan fingerprint density at radius 2 is 2.14 bits per heavy atom. The number of carboxylic acids is 1. The van der Waals surface area contributed by atoms with E-state index in [-0.39, 0.29) is 23.0 Å². The zero-order valence-electron chi connectivity index (χ0n) is 11.4. The van der Waals surface area contributed by atoms with Crippen molar-refractivity contribution in [3.63, 3.8) is 0 Å². The van der Waals surface area contributed by atoms with E-state index in [1.807, 2.05) is 0 Å². The first kappa shape index (κ1) is 15.5. The Balaban J connectivity index is 2.23. The monoisotopic (exact) mass is 316 g/mol. The van der Waals surface area contributed by atoms with Gasteiger partial charge < -0.3 is 14.4 Å². The highest BCUT2D eigenvalue weighted by Gasteiger charge is 2.31. The Morgan fingerprint density at radius 3 is 2.67 bits per heavy atom. The van der Waals surface area contributed by atoms with E-state index in [9.17, 15) is 18.0 Å². The number of rotatable bonds is 3. The fourth-order valence-electron chi connectivity index (χ4n) is 2.37. The molecule has 21 heavy (non-hydrogen) atoms. The number of carbonyl (C=O) groups excluding carboxylic acids is 1. The van der Waals surface area contributed by atoms with Gasteiger partial charge in [-0.1, -0.05) is 0 Å². The average Bonchev–Trinajstić information content (AvgIpc) is 2.80. The zero-order chi connectivity index (χ0) is 15.8. The summed E-state index contributed by atoms with van der Waals surface area (Å²) in [5.74, 6) is -2.21. The predicted molar refractivity (Wildman–Crippen MR) is 71.1 cm³/mol. The number of carboxylic acid groups (broad SMARTS) is 1. The summed E-state index contributed by atoms with van der Waals surface area (Å²) >= 11 is 0. The van der Waals surface area contributed by atoms with E-state index in [1.54, 1.807) is 0 Å². The van der Waals surface area contributed by atoms with Crippen molar-refractivity contribution in [2.45, 2.75) is 24.7 Å². The van der Waals surface area contributed by atoms with Gasteiger partial charge >= 0.3 is 5.97 Å². The molecular formula is C12H16N2O6S. The quantitative estimate of drug-likeness (QED) is 0.817. The third-order valence-electron chi connectivity index (χ3n) is 3.45. The van der Waals surface area contributed by atoms with Gasteiger partial charge in [0.1, 0.15) is 10.7 Å². The van der Waals surface area contributed by atoms with Crippen molar-refractivity contribution in [2.24, 2.45) is 11.1 Å². The molecule has 0 unspecified atom stereocenters. The van der Waals surface area contributed by atoms with Crippen LogP contribution in [0.3, 0.4) is 0 Å². The normalized spacial score (nSPS) is 19.5. The van der Waals surface area contributed by atoms with Crippen molar-refractivity contribution in [1.29, 1.82) is 0 Å². The molecule has 1 aromatic heterocycles. The van der Waals surface area contributed by atoms with Gasteiger partial charge in [-0.2, -0.15) is 0 Å². The van der Waals surface area contributed by atoms with E-state index < -0.39 is 27.8 Å². The fraction of sp³-hybridized carbons (Fsp3) is 0.500. The molecule has 1 fully saturated rings. The van der Waals surface area contributed by atoms with Crippen LogP contribution in [0.2, 0.25) is 0 Å². The van der Waals surface area contributed by atoms with E-state index in [2.05, 4.69) is 0 Å². The minimum absolute atomic E-state index is 0.0349. The lowest BCUT2D eigenvalue weighted by Crippen LogP contribution is -2.42. The molecule has 1 atom stereocenters. The summed E-state index contributed by atoms with van der Waals surface area (Å²) in [5, 5.41) is 14.0. The van der Waals surface area contributed by atoms with Gasteiger partial charge in [0.25, 0.3) is 5.91 Å². The lowest BCUT2D eigenvalue weighted by atomic mass is 9.98. The van der Waals surface area contributed by atoms with Gasteiger partial charge in [-0.05, 0) is 19.8 Å². The Morgan fingerprint density at radius 1 is 1.48 bits per heavy atom. The number of sulfonamides is 1. The molecule has 1 aliphatic rings. The number of hydrogen-bond acceptors (Lipinski definition) is 5. The van der Waals surface area contributed by atoms with Crippen molar-refractivity contribution >= 4 is 21.9 Å². The number of nitrogens with two attached hydrogens (primary N) is 1. The molecule has 3 N–H and O–H groups in total. The summed E-state index contributed by atoms with van der Waals surface area (Å²) in [5.41, 5.74) is 0. The van der Waals surface area contributed by atoms with Gasteiger partial charge in [0.2, 0.25) is 10.0 Å². The number of aryl methyl sites for hydroxylation is 1. The zero-order valence-corrected chi connectivity index (χ0v) is 12.2. The van der Waals surface area contributed by atoms with Crippen molar-refractivity contribution in [3.8, 4) is 0 Å². The molecule has 2 rings (SSSR count). The van der Waals surface area contributed by atoms with Crippen molar-refractivity contribution in [3.05, 3.63) is 17.6 Å². The number of amides is 1. The molecule has 0 aromatic carbocycles. The summed E-state index contributed by atoms with van der Waals surface area (Å²) in [6, 6.07) is 1.08. The highest BCUT2D eigenvalue weighted by atomic mass is 32.2. The highest BCUT2D eigenvalue weighted by molar-refractivity contribution is 7.89. The Bertz CT molecular complexity index is 678. The first-order valence-electron chi connectivity index (χ1n) is 6.35. The lowest BCUT2D eigenvalue weighted by Gasteiger charge is -2.29. The van der Waals surface area contributed by atoms with E-state index in [1.165, 1.54) is 11.8 Å². The van der Waals surface area contributed by atoms with Crippen LogP contribution in [0.1, 0.15) is 29.2 Å². The second kappa shape index (κ2) is 5.49. The van der Waals surface area contributed by atoms with Crippen LogP contribution in [-0.4, -0.2) is 43.4 Å². The standard InChI is InChI=1S/C12H16N2O6S/c1-7-10(21(13,18)19)5-9(20-7)11(15)14-4-2-3-8(6-14)12(16)17/h5,8H,2-4,6H2,1H3,(H,16,17)(H2,13,18,19)/t8-/m0/s1. The van der Waals surface area contributed by atoms with E-state index in [0.29, 0.717) is 19.4 Å². The van der Waals surface area contributed by atoms with Gasteiger partial charge in [-0.3, -0.25) is 9.59 Å². The lowest BCUT2D eigenvalue weighted by molar-refractivity contribution is -0.143. The van der Waals surface area contributed by atoms with Gasteiger partial charge in [0.15, 0.2) is 5.76 Å². The van der Waals surface area contributed by atoms with Crippen molar-refractivity contribution in [1.82, 2.24) is 4.90 Å². The number of aliphatic carboxylic acids is 1. The molecule has 8 nitrogen and oxygen atoms in total. The maximum Gasteiger partial charge on any atom is 0.308 e. The van der Waals surface area contributed by atoms with Crippen LogP contribution >= 0.6 is 0 Å². The third-order valence-corrected chi connectivity index (χ3v) is 4.47. The number of furan rings is 1. The smallest absolute Gasteiger partial charge is 0.308 e. The van der Waals surface area contributed by atoms with Crippen molar-refractivity contribution < 1.29 is 27.5 Å². The number of nitrogens with zero attached hydrogens (tertiary/aromatic N) is 1. The molecule has 1 amide bonds. The molecule has 9 heteroatoms. The number of likely N-dealkylation sites (tertiary alicyclic amines) is 1. The summed E-state index contributed by atoms with van der Waals surface area (Å²) < 4.78 is 27.8. The number of carbonyl (C=O) groups is 2. The van der Waals surface area contributed by atoms with E-state index in [4.69, 9.17) is 14.7 Å². The minimum atomic E-state index is -3.96. The van der Waals surface area contributed by atoms with Gasteiger partial charge in [-0.15, -0.1) is 0 Å². The molecule has 0 saturated carbocycles. The molecule has 0 aliphatic carbocycles. The molecule has 1 aromatic rings. The van der Waals surface area contributed by atoms with Crippen LogP contribution in [0.5, 0.6) is 0 Å². The number of piperidine rings is 1. The van der Waals surface area contributed by atoms with Crippen LogP contribution in [0, 0.1) is 12.8 Å². The molecule has 0 radical (unpaired) electrons. The molecule has 116 valence electrons. The average molecular weight is 316 g/mol. The van der Waals surface area contributed by atoms with E-state index >= 15 is 0 Å². The van der Waals surface area contributed by atoms with Crippen LogP contribution in [-0.2, 0) is 14.8 Å². The number of primary sulfonamides is 1. The SMILES string of the molecule is Cc1oc(C(=O)N2CCC[C@H](C(=O)O)C2)cc1S(N)(=O)=O. The minimum Gasteiger partial charge on any atom is -0.481 e. The summed E-state index contributed by atoms with van der Waals surface area (Å²) in [4.78, 5) is 24.4. The van der Waals surface area contributed by atoms with E-state index in [0.717, 1.165) is 6.07 Å². The van der Waals surface area contributed by atoms with Crippen molar-refractivity contribution in [2.75, 3.05) is 13.1 Å². The maximum atomic E-state index is 12.3. The first-order valence-corrected chi connectivity index (χ1v) is 7.90. The second-order valence-electron chi connectivity index (χ2n) is 5.00. The van der Waals surface area contributed by atoms with Gasteiger partial charge in [0.05, 0.1) is 5.92 Å². The second-order valence-corrected chi connectivity index (χ2v) is 6.53. The highest BCUT2D eigenvalue weighted by Crippen LogP contribution is 2.23. The molecule has 2 heterocycles. The maximum absolute atomic E-state index is 12.3. The predicted octanol–water partition coefficient (Wildman–Crippen LogP) is 0.172. The molecule has 0 spiro atoms. The fourth-order valence-corrected chi connectivity index (χ4v) is 3.09. The molecule has 1 aliphatic heterocycles. The largest absolute Gasteiger partial charge is 0.481 e. The van der Waals surface area contributed by atoms with Crippen LogP contribution in [0.25, 0.3) is 0 Å². The topological polar surface area (TPSA) is 131 Å². The first-order chi connectivity index (χ1) is 9.70. The molecule has 1 saturated heterocycles. The van der Waals surface area contributed by atoms with Crippen LogP contribution < -0.4 is 5.14 Å². The molecular weight excluding hydrogens is 300 g/mol. The Labute approximate surface area is 121 Å². The Kier molecular flexibility index (Phi) is 4.06. The summed E-state index contributed by atoms with van der Waals surface area (Å²) in [6.45, 7) is 1.89. The third kappa shape index (κ3) is 3.24. The summed E-state index contributed by atoms with van der Waals surface area (Å²) in [7, 11) is -3.96. The van der Waals surface area contributed by atoms with Gasteiger partial charge in [-0.25, -0.2) is 13.6 Å².